The number of pyridine rings is 1. The van der Waals surface area contributed by atoms with E-state index in [4.69, 9.17) is 0 Å². The van der Waals surface area contributed by atoms with Crippen LogP contribution in [0.5, 0.6) is 0 Å². The van der Waals surface area contributed by atoms with Crippen LogP contribution < -0.4 is 15.5 Å². The number of carbonyl (C=O) groups is 2. The van der Waals surface area contributed by atoms with Gasteiger partial charge in [0.2, 0.25) is 11.8 Å². The van der Waals surface area contributed by atoms with Crippen LogP contribution in [0, 0.1) is 0 Å². The van der Waals surface area contributed by atoms with Crippen molar-refractivity contribution in [3.63, 3.8) is 0 Å². The quantitative estimate of drug-likeness (QED) is 0.788. The van der Waals surface area contributed by atoms with Crippen LogP contribution in [0.25, 0.3) is 0 Å². The zero-order valence-corrected chi connectivity index (χ0v) is 12.0. The minimum Gasteiger partial charge on any atom is -0.335 e. The number of nitrogens with zero attached hydrogens (tertiary/aromatic N) is 2. The summed E-state index contributed by atoms with van der Waals surface area (Å²) in [5.41, 5.74) is 0.982. The van der Waals surface area contributed by atoms with Crippen LogP contribution in [-0.4, -0.2) is 36.4 Å². The first-order chi connectivity index (χ1) is 9.58. The van der Waals surface area contributed by atoms with Gasteiger partial charge >= 0.3 is 0 Å². The van der Waals surface area contributed by atoms with Crippen molar-refractivity contribution in [1.29, 1.82) is 0 Å². The summed E-state index contributed by atoms with van der Waals surface area (Å²) in [6.45, 7) is 4.11. The molecule has 0 saturated carbocycles. The van der Waals surface area contributed by atoms with Crippen molar-refractivity contribution < 1.29 is 9.59 Å². The van der Waals surface area contributed by atoms with E-state index in [1.807, 2.05) is 33.0 Å². The molecule has 0 aliphatic carbocycles. The molecule has 1 aromatic rings. The van der Waals surface area contributed by atoms with E-state index >= 15 is 0 Å². The van der Waals surface area contributed by atoms with E-state index in [-0.39, 0.29) is 30.4 Å². The average Bonchev–Trinajstić information content (AvgIpc) is 2.45. The Hall–Kier alpha value is -1.95. The summed E-state index contributed by atoms with van der Waals surface area (Å²) in [4.78, 5) is 29.8. The maximum Gasteiger partial charge on any atom is 0.249 e. The Morgan fingerprint density at radius 1 is 1.55 bits per heavy atom. The lowest BCUT2D eigenvalue weighted by Crippen LogP contribution is -2.58. The van der Waals surface area contributed by atoms with E-state index in [2.05, 4.69) is 15.6 Å². The predicted molar refractivity (Wildman–Crippen MR) is 76.3 cm³/mol. The minimum absolute atomic E-state index is 0.0938. The molecule has 2 unspecified atom stereocenters. The maximum atomic E-state index is 12.0. The highest BCUT2D eigenvalue weighted by molar-refractivity contribution is 6.04. The fraction of sp³-hybridized carbons (Fsp3) is 0.500. The molecule has 2 N–H and O–H groups in total. The number of rotatable bonds is 4. The highest BCUT2D eigenvalue weighted by Gasteiger charge is 2.34. The monoisotopic (exact) mass is 276 g/mol. The molecule has 0 bridgehead atoms. The molecule has 20 heavy (non-hydrogen) atoms. The lowest BCUT2D eigenvalue weighted by Gasteiger charge is -2.36. The van der Waals surface area contributed by atoms with E-state index in [0.717, 1.165) is 5.56 Å². The summed E-state index contributed by atoms with van der Waals surface area (Å²) in [7, 11) is 1.87. The summed E-state index contributed by atoms with van der Waals surface area (Å²) in [6.07, 6.45) is 2.31. The zero-order valence-electron chi connectivity index (χ0n) is 12.0. The molecular weight excluding hydrogens is 256 g/mol. The molecule has 2 amide bonds. The number of aromatic nitrogens is 1. The third-order valence-electron chi connectivity index (χ3n) is 3.63. The van der Waals surface area contributed by atoms with Gasteiger partial charge in [-0.25, -0.2) is 4.98 Å². The van der Waals surface area contributed by atoms with E-state index in [9.17, 15) is 9.59 Å². The molecule has 2 atom stereocenters. The summed E-state index contributed by atoms with van der Waals surface area (Å²) < 4.78 is 0. The topological polar surface area (TPSA) is 74.3 Å². The summed E-state index contributed by atoms with van der Waals surface area (Å²) >= 11 is 0. The van der Waals surface area contributed by atoms with Gasteiger partial charge in [0.15, 0.2) is 0 Å². The highest BCUT2D eigenvalue weighted by Crippen LogP contribution is 2.27. The fourth-order valence-corrected chi connectivity index (χ4v) is 2.44. The number of imide groups is 1. The fourth-order valence-electron chi connectivity index (χ4n) is 2.44. The second-order valence-electron chi connectivity index (χ2n) is 4.89. The van der Waals surface area contributed by atoms with Gasteiger partial charge in [0.05, 0.1) is 6.54 Å². The highest BCUT2D eigenvalue weighted by atomic mass is 16.2. The number of carbonyl (C=O) groups excluding carboxylic acids is 2. The van der Waals surface area contributed by atoms with E-state index in [1.165, 1.54) is 0 Å². The number of amides is 2. The molecule has 2 rings (SSSR count). The molecule has 1 fully saturated rings. The van der Waals surface area contributed by atoms with Gasteiger partial charge < -0.3 is 10.2 Å². The van der Waals surface area contributed by atoms with Crippen LogP contribution in [0.4, 0.5) is 5.82 Å². The van der Waals surface area contributed by atoms with E-state index < -0.39 is 0 Å². The molecule has 1 aliphatic rings. The van der Waals surface area contributed by atoms with Crippen LogP contribution >= 0.6 is 0 Å². The number of nitrogens with one attached hydrogen (secondary N) is 2. The van der Waals surface area contributed by atoms with Crippen LogP contribution in [-0.2, 0) is 9.59 Å². The standard InChI is InChI=1S/C14H20N4O2/c1-4-11-14(20)17-12(19)8-18(11)13-10(9(2)15-3)6-5-7-16-13/h5-7,9,11,15H,4,8H2,1-3H3,(H,17,19,20). The number of hydrogen-bond donors (Lipinski definition) is 2. The lowest BCUT2D eigenvalue weighted by molar-refractivity contribution is -0.132. The molecule has 0 spiro atoms. The van der Waals surface area contributed by atoms with Gasteiger partial charge in [0.25, 0.3) is 0 Å². The maximum absolute atomic E-state index is 12.0. The Labute approximate surface area is 118 Å². The van der Waals surface area contributed by atoms with Gasteiger partial charge in [-0.1, -0.05) is 13.0 Å². The second kappa shape index (κ2) is 6.00. The second-order valence-corrected chi connectivity index (χ2v) is 4.89. The van der Waals surface area contributed by atoms with Crippen LogP contribution in [0.15, 0.2) is 18.3 Å². The molecule has 1 saturated heterocycles. The smallest absolute Gasteiger partial charge is 0.249 e. The van der Waals surface area contributed by atoms with Crippen molar-refractivity contribution in [2.75, 3.05) is 18.5 Å². The van der Waals surface area contributed by atoms with E-state index in [0.29, 0.717) is 12.2 Å². The van der Waals surface area contributed by atoms with Crippen molar-refractivity contribution in [2.45, 2.75) is 32.4 Å². The first kappa shape index (κ1) is 14.5. The van der Waals surface area contributed by atoms with Crippen LogP contribution in [0.3, 0.4) is 0 Å². The molecule has 6 heteroatoms. The van der Waals surface area contributed by atoms with Gasteiger partial charge in [-0.2, -0.15) is 0 Å². The molecule has 0 aromatic carbocycles. The molecule has 1 aromatic heterocycles. The first-order valence-electron chi connectivity index (χ1n) is 6.81. The Balaban J connectivity index is 2.42. The Bertz CT molecular complexity index is 518. The Morgan fingerprint density at radius 3 is 2.95 bits per heavy atom. The van der Waals surface area contributed by atoms with Gasteiger partial charge in [-0.3, -0.25) is 14.9 Å². The SMILES string of the molecule is CCC1C(=O)NC(=O)CN1c1ncccc1C(C)NC. The normalized spacial score (nSPS) is 20.8. The number of anilines is 1. The summed E-state index contributed by atoms with van der Waals surface area (Å²) in [6, 6.07) is 3.56. The molecule has 2 heterocycles. The molecule has 0 radical (unpaired) electrons. The summed E-state index contributed by atoms with van der Waals surface area (Å²) in [5, 5.41) is 5.54. The Kier molecular flexibility index (Phi) is 4.34. The van der Waals surface area contributed by atoms with Gasteiger partial charge in [-0.15, -0.1) is 0 Å². The van der Waals surface area contributed by atoms with Crippen molar-refractivity contribution in [2.24, 2.45) is 0 Å². The Morgan fingerprint density at radius 2 is 2.30 bits per heavy atom. The van der Waals surface area contributed by atoms with Gasteiger partial charge in [-0.05, 0) is 26.5 Å². The third-order valence-corrected chi connectivity index (χ3v) is 3.63. The van der Waals surface area contributed by atoms with Crippen molar-refractivity contribution >= 4 is 17.6 Å². The lowest BCUT2D eigenvalue weighted by atomic mass is 10.1. The minimum atomic E-state index is -0.356. The largest absolute Gasteiger partial charge is 0.335 e. The first-order valence-corrected chi connectivity index (χ1v) is 6.81. The van der Waals surface area contributed by atoms with Crippen molar-refractivity contribution in [1.82, 2.24) is 15.6 Å². The molecular formula is C14H20N4O2. The van der Waals surface area contributed by atoms with Crippen LogP contribution in [0.2, 0.25) is 0 Å². The predicted octanol–water partition coefficient (Wildman–Crippen LogP) is 0.603. The van der Waals surface area contributed by atoms with E-state index in [1.54, 1.807) is 11.1 Å². The molecule has 108 valence electrons. The third kappa shape index (κ3) is 2.65. The average molecular weight is 276 g/mol. The number of piperazine rings is 1. The van der Waals surface area contributed by atoms with Crippen molar-refractivity contribution in [3.8, 4) is 0 Å². The van der Waals surface area contributed by atoms with Gasteiger partial charge in [0, 0.05) is 17.8 Å². The molecule has 6 nitrogen and oxygen atoms in total. The molecule has 1 aliphatic heterocycles. The number of hydrogen-bond acceptors (Lipinski definition) is 5. The summed E-state index contributed by atoms with van der Waals surface area (Å²) in [5.74, 6) is 0.162. The van der Waals surface area contributed by atoms with Crippen LogP contribution in [0.1, 0.15) is 31.9 Å². The van der Waals surface area contributed by atoms with Crippen molar-refractivity contribution in [3.05, 3.63) is 23.9 Å². The van der Waals surface area contributed by atoms with Gasteiger partial charge in [0.1, 0.15) is 11.9 Å². The zero-order chi connectivity index (χ0) is 14.7.